The SMILES string of the molecule is O=C(CC(CC(=O)c1ccc(-c2ccccc2)cc1)C(=O)O)Nc1cccc(Cl)c1. The van der Waals surface area contributed by atoms with Crippen molar-refractivity contribution in [2.24, 2.45) is 5.92 Å². The maximum absolute atomic E-state index is 12.6. The lowest BCUT2D eigenvalue weighted by Crippen LogP contribution is -2.24. The predicted octanol–water partition coefficient (Wildman–Crippen LogP) is 5.31. The summed E-state index contributed by atoms with van der Waals surface area (Å²) in [7, 11) is 0. The van der Waals surface area contributed by atoms with E-state index in [4.69, 9.17) is 11.6 Å². The van der Waals surface area contributed by atoms with Crippen LogP contribution in [0.3, 0.4) is 0 Å². The quantitative estimate of drug-likeness (QED) is 0.483. The summed E-state index contributed by atoms with van der Waals surface area (Å²) in [5.41, 5.74) is 2.87. The fourth-order valence-corrected chi connectivity index (χ4v) is 3.26. The molecule has 0 aliphatic carbocycles. The number of anilines is 1. The van der Waals surface area contributed by atoms with Crippen molar-refractivity contribution < 1.29 is 19.5 Å². The minimum absolute atomic E-state index is 0.261. The number of rotatable bonds is 8. The maximum atomic E-state index is 12.6. The third-order valence-electron chi connectivity index (χ3n) is 4.64. The normalized spacial score (nSPS) is 11.5. The molecule has 1 amide bonds. The van der Waals surface area contributed by atoms with Gasteiger partial charge in [0.05, 0.1) is 5.92 Å². The highest BCUT2D eigenvalue weighted by atomic mass is 35.5. The zero-order chi connectivity index (χ0) is 21.5. The van der Waals surface area contributed by atoms with Crippen LogP contribution < -0.4 is 5.32 Å². The first-order chi connectivity index (χ1) is 14.4. The fraction of sp³-hybridized carbons (Fsp3) is 0.125. The molecule has 0 radical (unpaired) electrons. The molecule has 6 heteroatoms. The number of hydrogen-bond acceptors (Lipinski definition) is 3. The van der Waals surface area contributed by atoms with Gasteiger partial charge in [0.15, 0.2) is 5.78 Å². The number of Topliss-reactive ketones (excluding diaryl/α,β-unsaturated/α-hetero) is 1. The van der Waals surface area contributed by atoms with Crippen LogP contribution in [0, 0.1) is 5.92 Å². The van der Waals surface area contributed by atoms with E-state index in [0.717, 1.165) is 11.1 Å². The molecule has 0 bridgehead atoms. The van der Waals surface area contributed by atoms with Crippen molar-refractivity contribution in [2.75, 3.05) is 5.32 Å². The van der Waals surface area contributed by atoms with Crippen molar-refractivity contribution in [1.29, 1.82) is 0 Å². The predicted molar refractivity (Wildman–Crippen MR) is 117 cm³/mol. The highest BCUT2D eigenvalue weighted by Gasteiger charge is 2.25. The van der Waals surface area contributed by atoms with Gasteiger partial charge in [0, 0.05) is 29.1 Å². The van der Waals surface area contributed by atoms with Crippen molar-refractivity contribution in [2.45, 2.75) is 12.8 Å². The summed E-state index contributed by atoms with van der Waals surface area (Å²) < 4.78 is 0. The van der Waals surface area contributed by atoms with Crippen molar-refractivity contribution in [1.82, 2.24) is 0 Å². The molecule has 0 aliphatic heterocycles. The molecule has 1 unspecified atom stereocenters. The Morgan fingerprint density at radius 2 is 1.50 bits per heavy atom. The van der Waals surface area contributed by atoms with E-state index < -0.39 is 17.8 Å². The average molecular weight is 422 g/mol. The molecular weight excluding hydrogens is 402 g/mol. The molecule has 0 aliphatic rings. The lowest BCUT2D eigenvalue weighted by atomic mass is 9.94. The van der Waals surface area contributed by atoms with E-state index in [1.165, 1.54) is 0 Å². The molecule has 30 heavy (non-hydrogen) atoms. The number of ketones is 1. The monoisotopic (exact) mass is 421 g/mol. The van der Waals surface area contributed by atoms with Gasteiger partial charge >= 0.3 is 5.97 Å². The molecule has 3 aromatic carbocycles. The summed E-state index contributed by atoms with van der Waals surface area (Å²) in [4.78, 5) is 36.4. The van der Waals surface area contributed by atoms with Crippen LogP contribution in [0.2, 0.25) is 5.02 Å². The van der Waals surface area contributed by atoms with Gasteiger partial charge in [-0.3, -0.25) is 14.4 Å². The minimum Gasteiger partial charge on any atom is -0.481 e. The van der Waals surface area contributed by atoms with Crippen LogP contribution >= 0.6 is 11.6 Å². The first-order valence-corrected chi connectivity index (χ1v) is 9.77. The second-order valence-electron chi connectivity index (χ2n) is 6.87. The number of halogens is 1. The number of nitrogens with one attached hydrogen (secondary N) is 1. The number of benzene rings is 3. The zero-order valence-electron chi connectivity index (χ0n) is 16.0. The van der Waals surface area contributed by atoms with Gasteiger partial charge in [0.25, 0.3) is 0 Å². The maximum Gasteiger partial charge on any atom is 0.307 e. The van der Waals surface area contributed by atoms with Crippen LogP contribution in [-0.2, 0) is 9.59 Å². The van der Waals surface area contributed by atoms with Gasteiger partial charge in [-0.2, -0.15) is 0 Å². The second kappa shape index (κ2) is 9.85. The third-order valence-corrected chi connectivity index (χ3v) is 4.87. The topological polar surface area (TPSA) is 83.5 Å². The van der Waals surface area contributed by atoms with Crippen molar-refractivity contribution in [3.8, 4) is 11.1 Å². The summed E-state index contributed by atoms with van der Waals surface area (Å²) in [5.74, 6) is -3.12. The van der Waals surface area contributed by atoms with Crippen LogP contribution in [0.1, 0.15) is 23.2 Å². The molecule has 5 nitrogen and oxygen atoms in total. The molecule has 1 atom stereocenters. The summed E-state index contributed by atoms with van der Waals surface area (Å²) in [5, 5.41) is 12.5. The lowest BCUT2D eigenvalue weighted by molar-refractivity contribution is -0.143. The van der Waals surface area contributed by atoms with Gasteiger partial charge in [-0.25, -0.2) is 0 Å². The van der Waals surface area contributed by atoms with Gasteiger partial charge in [0.2, 0.25) is 5.91 Å². The van der Waals surface area contributed by atoms with Crippen LogP contribution in [0.25, 0.3) is 11.1 Å². The van der Waals surface area contributed by atoms with E-state index in [0.29, 0.717) is 16.3 Å². The average Bonchev–Trinajstić information content (AvgIpc) is 2.74. The summed E-state index contributed by atoms with van der Waals surface area (Å²) in [6.45, 7) is 0. The zero-order valence-corrected chi connectivity index (χ0v) is 16.8. The van der Waals surface area contributed by atoms with Crippen LogP contribution in [0.4, 0.5) is 5.69 Å². The van der Waals surface area contributed by atoms with Crippen molar-refractivity contribution in [3.63, 3.8) is 0 Å². The number of amides is 1. The molecule has 0 spiro atoms. The Morgan fingerprint density at radius 3 is 2.13 bits per heavy atom. The number of carbonyl (C=O) groups excluding carboxylic acids is 2. The molecule has 0 fully saturated rings. The van der Waals surface area contributed by atoms with E-state index in [2.05, 4.69) is 5.32 Å². The molecule has 2 N–H and O–H groups in total. The van der Waals surface area contributed by atoms with E-state index in [1.807, 2.05) is 42.5 Å². The Hall–Kier alpha value is -3.44. The number of hydrogen-bond donors (Lipinski definition) is 2. The number of carbonyl (C=O) groups is 3. The van der Waals surface area contributed by atoms with Crippen molar-refractivity contribution >= 4 is 34.9 Å². The van der Waals surface area contributed by atoms with E-state index >= 15 is 0 Å². The summed E-state index contributed by atoms with van der Waals surface area (Å²) in [6.07, 6.45) is -0.571. The molecule has 0 saturated carbocycles. The Balaban J connectivity index is 1.63. The van der Waals surface area contributed by atoms with Gasteiger partial charge in [-0.1, -0.05) is 72.3 Å². The lowest BCUT2D eigenvalue weighted by Gasteiger charge is -2.12. The molecule has 152 valence electrons. The minimum atomic E-state index is -1.19. The molecule has 0 aromatic heterocycles. The smallest absolute Gasteiger partial charge is 0.307 e. The number of aliphatic carboxylic acids is 1. The Kier molecular flexibility index (Phi) is 6.99. The highest BCUT2D eigenvalue weighted by Crippen LogP contribution is 2.22. The summed E-state index contributed by atoms with van der Waals surface area (Å²) in [6, 6.07) is 23.3. The summed E-state index contributed by atoms with van der Waals surface area (Å²) >= 11 is 5.88. The van der Waals surface area contributed by atoms with E-state index in [-0.39, 0.29) is 18.6 Å². The Labute approximate surface area is 179 Å². The Morgan fingerprint density at radius 1 is 0.833 bits per heavy atom. The largest absolute Gasteiger partial charge is 0.481 e. The standard InChI is InChI=1S/C24H20ClNO4/c25-20-7-4-8-21(15-20)26-23(28)14-19(24(29)30)13-22(27)18-11-9-17(10-12-18)16-5-2-1-3-6-16/h1-12,15,19H,13-14H2,(H,26,28)(H,29,30). The van der Waals surface area contributed by atoms with Gasteiger partial charge in [-0.05, 0) is 29.3 Å². The van der Waals surface area contributed by atoms with E-state index in [9.17, 15) is 19.5 Å². The number of carboxylic acids is 1. The van der Waals surface area contributed by atoms with Gasteiger partial charge in [-0.15, -0.1) is 0 Å². The first kappa shape index (κ1) is 21.3. The first-order valence-electron chi connectivity index (χ1n) is 9.39. The van der Waals surface area contributed by atoms with Crippen LogP contribution in [0.5, 0.6) is 0 Å². The molecule has 0 saturated heterocycles. The third kappa shape index (κ3) is 5.78. The van der Waals surface area contributed by atoms with Crippen LogP contribution in [-0.4, -0.2) is 22.8 Å². The fourth-order valence-electron chi connectivity index (χ4n) is 3.07. The number of carboxylic acid groups (broad SMARTS) is 1. The van der Waals surface area contributed by atoms with Crippen molar-refractivity contribution in [3.05, 3.63) is 89.4 Å². The highest BCUT2D eigenvalue weighted by molar-refractivity contribution is 6.30. The molecule has 3 aromatic rings. The van der Waals surface area contributed by atoms with Gasteiger partial charge < -0.3 is 10.4 Å². The molecule has 0 heterocycles. The van der Waals surface area contributed by atoms with Gasteiger partial charge in [0.1, 0.15) is 0 Å². The molecule has 3 rings (SSSR count). The molecular formula is C24H20ClNO4. The van der Waals surface area contributed by atoms with Crippen LogP contribution in [0.15, 0.2) is 78.9 Å². The second-order valence-corrected chi connectivity index (χ2v) is 7.30. The Bertz CT molecular complexity index is 1050. The van der Waals surface area contributed by atoms with E-state index in [1.54, 1.807) is 36.4 Å².